The van der Waals surface area contributed by atoms with Crippen LogP contribution in [0, 0.1) is 12.7 Å². The van der Waals surface area contributed by atoms with Crippen molar-refractivity contribution in [1.29, 1.82) is 0 Å². The van der Waals surface area contributed by atoms with Gasteiger partial charge in [-0.2, -0.15) is 0 Å². The molecule has 0 aliphatic heterocycles. The molecule has 2 N–H and O–H groups in total. The standard InChI is InChI=1S/C14H11Cl2FN2S/c1-8-4-11(17)2-3-13(8)19-14(20)18-12-6-9(15)5-10(16)7-12/h2-7H,1H3,(H2,18,19,20). The average molecular weight is 329 g/mol. The third-order valence-corrected chi connectivity index (χ3v) is 3.20. The molecule has 0 amide bonds. The number of nitrogens with one attached hydrogen (secondary N) is 2. The van der Waals surface area contributed by atoms with Crippen molar-refractivity contribution in [1.82, 2.24) is 0 Å². The highest BCUT2D eigenvalue weighted by Crippen LogP contribution is 2.23. The average Bonchev–Trinajstić information content (AvgIpc) is 2.31. The van der Waals surface area contributed by atoms with Gasteiger partial charge in [-0.15, -0.1) is 0 Å². The predicted molar refractivity (Wildman–Crippen MR) is 87.4 cm³/mol. The van der Waals surface area contributed by atoms with Gasteiger partial charge in [0.2, 0.25) is 0 Å². The van der Waals surface area contributed by atoms with Gasteiger partial charge in [-0.05, 0) is 61.1 Å². The SMILES string of the molecule is Cc1cc(F)ccc1NC(=S)Nc1cc(Cl)cc(Cl)c1. The molecule has 104 valence electrons. The second-order valence-electron chi connectivity index (χ2n) is 4.20. The number of thiocarbonyl (C=S) groups is 1. The molecular weight excluding hydrogens is 318 g/mol. The first-order valence-corrected chi connectivity index (χ1v) is 6.91. The number of benzene rings is 2. The topological polar surface area (TPSA) is 24.1 Å². The van der Waals surface area contributed by atoms with Crippen LogP contribution in [0.4, 0.5) is 15.8 Å². The van der Waals surface area contributed by atoms with Gasteiger partial charge in [-0.1, -0.05) is 23.2 Å². The molecule has 0 unspecified atom stereocenters. The van der Waals surface area contributed by atoms with E-state index in [-0.39, 0.29) is 5.82 Å². The first-order valence-electron chi connectivity index (χ1n) is 5.74. The minimum absolute atomic E-state index is 0.284. The highest BCUT2D eigenvalue weighted by Gasteiger charge is 2.04. The molecular formula is C14H11Cl2FN2S. The molecule has 0 spiro atoms. The zero-order valence-corrected chi connectivity index (χ0v) is 12.8. The van der Waals surface area contributed by atoms with E-state index in [4.69, 9.17) is 35.4 Å². The Morgan fingerprint density at radius 2 is 1.70 bits per heavy atom. The zero-order chi connectivity index (χ0) is 14.7. The maximum Gasteiger partial charge on any atom is 0.175 e. The lowest BCUT2D eigenvalue weighted by Gasteiger charge is -2.13. The minimum atomic E-state index is -0.284. The summed E-state index contributed by atoms with van der Waals surface area (Å²) in [6, 6.07) is 9.48. The van der Waals surface area contributed by atoms with E-state index in [2.05, 4.69) is 10.6 Å². The summed E-state index contributed by atoms with van der Waals surface area (Å²) in [4.78, 5) is 0. The van der Waals surface area contributed by atoms with Gasteiger partial charge < -0.3 is 10.6 Å². The predicted octanol–water partition coefficient (Wildman–Crippen LogP) is 5.25. The van der Waals surface area contributed by atoms with E-state index in [1.165, 1.54) is 12.1 Å². The maximum atomic E-state index is 13.0. The lowest BCUT2D eigenvalue weighted by Crippen LogP contribution is -2.19. The normalized spacial score (nSPS) is 10.2. The smallest absolute Gasteiger partial charge is 0.175 e. The summed E-state index contributed by atoms with van der Waals surface area (Å²) in [6.45, 7) is 1.80. The summed E-state index contributed by atoms with van der Waals surface area (Å²) in [5.74, 6) is -0.284. The first-order chi connectivity index (χ1) is 9.44. The fourth-order valence-corrected chi connectivity index (χ4v) is 2.43. The minimum Gasteiger partial charge on any atom is -0.332 e. The fraction of sp³-hybridized carbons (Fsp3) is 0.0714. The summed E-state index contributed by atoms with van der Waals surface area (Å²) >= 11 is 17.0. The third kappa shape index (κ3) is 4.07. The van der Waals surface area contributed by atoms with Crippen molar-refractivity contribution in [3.8, 4) is 0 Å². The Morgan fingerprint density at radius 3 is 2.30 bits per heavy atom. The fourth-order valence-electron chi connectivity index (χ4n) is 1.68. The van der Waals surface area contributed by atoms with Crippen LogP contribution in [0.5, 0.6) is 0 Å². The second-order valence-corrected chi connectivity index (χ2v) is 5.48. The van der Waals surface area contributed by atoms with E-state index >= 15 is 0 Å². The Kier molecular flexibility index (Phi) is 4.81. The molecule has 0 aromatic heterocycles. The lowest BCUT2D eigenvalue weighted by molar-refractivity contribution is 0.627. The lowest BCUT2D eigenvalue weighted by atomic mass is 10.2. The molecule has 0 saturated carbocycles. The molecule has 0 atom stereocenters. The van der Waals surface area contributed by atoms with Crippen molar-refractivity contribution in [3.63, 3.8) is 0 Å². The van der Waals surface area contributed by atoms with E-state index in [0.29, 0.717) is 20.8 Å². The number of rotatable bonds is 2. The molecule has 0 radical (unpaired) electrons. The van der Waals surface area contributed by atoms with Gasteiger partial charge >= 0.3 is 0 Å². The molecule has 20 heavy (non-hydrogen) atoms. The summed E-state index contributed by atoms with van der Waals surface area (Å²) in [5, 5.41) is 7.37. The molecule has 6 heteroatoms. The summed E-state index contributed by atoms with van der Waals surface area (Å²) in [6.07, 6.45) is 0. The van der Waals surface area contributed by atoms with Crippen LogP contribution in [0.3, 0.4) is 0 Å². The molecule has 2 nitrogen and oxygen atoms in total. The molecule has 0 aliphatic carbocycles. The maximum absolute atomic E-state index is 13.0. The summed E-state index contributed by atoms with van der Waals surface area (Å²) in [5.41, 5.74) is 2.18. The van der Waals surface area contributed by atoms with Crippen molar-refractivity contribution in [2.24, 2.45) is 0 Å². The molecule has 0 saturated heterocycles. The first kappa shape index (κ1) is 15.0. The van der Waals surface area contributed by atoms with E-state index in [1.54, 1.807) is 31.2 Å². The number of hydrogen-bond acceptors (Lipinski definition) is 1. The van der Waals surface area contributed by atoms with Crippen LogP contribution in [0.15, 0.2) is 36.4 Å². The van der Waals surface area contributed by atoms with Crippen molar-refractivity contribution in [2.45, 2.75) is 6.92 Å². The highest BCUT2D eigenvalue weighted by molar-refractivity contribution is 7.80. The van der Waals surface area contributed by atoms with E-state index in [9.17, 15) is 4.39 Å². The van der Waals surface area contributed by atoms with Crippen molar-refractivity contribution < 1.29 is 4.39 Å². The quantitative estimate of drug-likeness (QED) is 0.736. The van der Waals surface area contributed by atoms with Crippen LogP contribution < -0.4 is 10.6 Å². The molecule has 0 aliphatic rings. The van der Waals surface area contributed by atoms with Crippen LogP contribution in [0.2, 0.25) is 10.0 Å². The molecule has 2 rings (SSSR count). The van der Waals surface area contributed by atoms with Gasteiger partial charge in [0.25, 0.3) is 0 Å². The van der Waals surface area contributed by atoms with E-state index in [1.807, 2.05) is 0 Å². The van der Waals surface area contributed by atoms with Crippen LogP contribution in [0.25, 0.3) is 0 Å². The number of aryl methyl sites for hydroxylation is 1. The van der Waals surface area contributed by atoms with E-state index in [0.717, 1.165) is 11.3 Å². The highest BCUT2D eigenvalue weighted by atomic mass is 35.5. The van der Waals surface area contributed by atoms with Gasteiger partial charge in [0, 0.05) is 21.4 Å². The van der Waals surface area contributed by atoms with Crippen molar-refractivity contribution in [3.05, 3.63) is 57.8 Å². The summed E-state index contributed by atoms with van der Waals surface area (Å²) in [7, 11) is 0. The zero-order valence-electron chi connectivity index (χ0n) is 10.5. The van der Waals surface area contributed by atoms with Gasteiger partial charge in [-0.3, -0.25) is 0 Å². The third-order valence-electron chi connectivity index (χ3n) is 2.56. The van der Waals surface area contributed by atoms with Crippen LogP contribution in [-0.4, -0.2) is 5.11 Å². The molecule has 0 bridgehead atoms. The van der Waals surface area contributed by atoms with Crippen LogP contribution in [-0.2, 0) is 0 Å². The van der Waals surface area contributed by atoms with Gasteiger partial charge in [-0.25, -0.2) is 4.39 Å². The van der Waals surface area contributed by atoms with Crippen LogP contribution in [0.1, 0.15) is 5.56 Å². The Bertz CT molecular complexity index is 641. The van der Waals surface area contributed by atoms with Gasteiger partial charge in [0.05, 0.1) is 0 Å². The van der Waals surface area contributed by atoms with Gasteiger partial charge in [0.15, 0.2) is 5.11 Å². The largest absolute Gasteiger partial charge is 0.332 e. The Hall–Kier alpha value is -1.36. The Morgan fingerprint density at radius 1 is 1.05 bits per heavy atom. The molecule has 0 heterocycles. The summed E-state index contributed by atoms with van der Waals surface area (Å²) < 4.78 is 13.0. The molecule has 2 aromatic rings. The number of halogens is 3. The van der Waals surface area contributed by atoms with E-state index < -0.39 is 0 Å². The molecule has 0 fully saturated rings. The number of hydrogen-bond donors (Lipinski definition) is 2. The van der Waals surface area contributed by atoms with Crippen LogP contribution >= 0.6 is 35.4 Å². The monoisotopic (exact) mass is 328 g/mol. The van der Waals surface area contributed by atoms with Crippen molar-refractivity contribution >= 4 is 51.9 Å². The van der Waals surface area contributed by atoms with Crippen molar-refractivity contribution in [2.75, 3.05) is 10.6 Å². The molecule has 2 aromatic carbocycles. The number of anilines is 2. The second kappa shape index (κ2) is 6.39. The van der Waals surface area contributed by atoms with Gasteiger partial charge in [0.1, 0.15) is 5.82 Å². The Labute approximate surface area is 131 Å². The Balaban J connectivity index is 2.09.